The number of carbonyl (C=O) groups is 2. The van der Waals surface area contributed by atoms with Gasteiger partial charge in [0.2, 0.25) is 5.91 Å². The number of hydrogen-bond donors (Lipinski definition) is 0. The predicted octanol–water partition coefficient (Wildman–Crippen LogP) is 2.24. The molecule has 0 aliphatic carbocycles. The maximum Gasteiger partial charge on any atom is 0.309 e. The predicted molar refractivity (Wildman–Crippen MR) is 92.9 cm³/mol. The number of amides is 1. The van der Waals surface area contributed by atoms with E-state index in [1.807, 2.05) is 17.9 Å². The van der Waals surface area contributed by atoms with Crippen LogP contribution in [0.25, 0.3) is 0 Å². The van der Waals surface area contributed by atoms with Gasteiger partial charge in [0.05, 0.1) is 19.1 Å². The second kappa shape index (κ2) is 7.69. The van der Waals surface area contributed by atoms with E-state index < -0.39 is 0 Å². The summed E-state index contributed by atoms with van der Waals surface area (Å²) in [4.78, 5) is 28.5. The van der Waals surface area contributed by atoms with Gasteiger partial charge >= 0.3 is 5.97 Å². The molecule has 0 N–H and O–H groups in total. The van der Waals surface area contributed by atoms with Crippen LogP contribution in [0, 0.1) is 5.92 Å². The number of carbonyl (C=O) groups excluding carboxylic acids is 2. The minimum absolute atomic E-state index is 0.0512. The number of benzene rings is 1. The molecule has 0 aromatic heterocycles. The molecule has 5 heteroatoms. The average Bonchev–Trinajstić information content (AvgIpc) is 2.62. The third-order valence-electron chi connectivity index (χ3n) is 5.00. The maximum absolute atomic E-state index is 12.6. The summed E-state index contributed by atoms with van der Waals surface area (Å²) < 4.78 is 5.09. The van der Waals surface area contributed by atoms with Gasteiger partial charge in [-0.2, -0.15) is 0 Å². The highest BCUT2D eigenvalue weighted by molar-refractivity contribution is 5.82. The molecule has 1 saturated heterocycles. The summed E-state index contributed by atoms with van der Waals surface area (Å²) in [5.41, 5.74) is 2.52. The number of hydrogen-bond acceptors (Lipinski definition) is 4. The summed E-state index contributed by atoms with van der Waals surface area (Å²) in [5, 5.41) is 0. The van der Waals surface area contributed by atoms with Gasteiger partial charge in [-0.1, -0.05) is 18.2 Å². The minimum Gasteiger partial charge on any atom is -0.466 e. The van der Waals surface area contributed by atoms with E-state index in [4.69, 9.17) is 4.74 Å². The van der Waals surface area contributed by atoms with Crippen LogP contribution in [0.1, 0.15) is 31.7 Å². The molecular weight excluding hydrogens is 304 g/mol. The second-order valence-corrected chi connectivity index (χ2v) is 6.56. The van der Waals surface area contributed by atoms with E-state index in [2.05, 4.69) is 23.1 Å². The fraction of sp³-hybridized carbons (Fsp3) is 0.579. The van der Waals surface area contributed by atoms with Crippen molar-refractivity contribution in [2.45, 2.75) is 32.6 Å². The van der Waals surface area contributed by atoms with Gasteiger partial charge in [0.25, 0.3) is 0 Å². The van der Waals surface area contributed by atoms with Crippen LogP contribution in [0.5, 0.6) is 0 Å². The molecule has 5 nitrogen and oxygen atoms in total. The summed E-state index contributed by atoms with van der Waals surface area (Å²) in [5.74, 6) is -0.00622. The van der Waals surface area contributed by atoms with Crippen molar-refractivity contribution in [3.63, 3.8) is 0 Å². The maximum atomic E-state index is 12.6. The average molecular weight is 330 g/mol. The number of likely N-dealkylation sites (tertiary alicyclic amines) is 1. The first-order valence-corrected chi connectivity index (χ1v) is 8.96. The Morgan fingerprint density at radius 1 is 1.17 bits per heavy atom. The van der Waals surface area contributed by atoms with Crippen LogP contribution in [-0.4, -0.2) is 49.6 Å². The molecule has 1 amide bonds. The molecule has 0 atom stereocenters. The molecule has 0 bridgehead atoms. The number of para-hydroxylation sites is 1. The molecule has 0 saturated carbocycles. The first kappa shape index (κ1) is 16.8. The minimum atomic E-state index is -0.116. The van der Waals surface area contributed by atoms with Gasteiger partial charge in [-0.15, -0.1) is 0 Å². The van der Waals surface area contributed by atoms with E-state index >= 15 is 0 Å². The number of piperidine rings is 1. The van der Waals surface area contributed by atoms with E-state index in [-0.39, 0.29) is 17.8 Å². The largest absolute Gasteiger partial charge is 0.466 e. The fourth-order valence-electron chi connectivity index (χ4n) is 3.66. The van der Waals surface area contributed by atoms with E-state index in [0.29, 0.717) is 39.1 Å². The number of aryl methyl sites for hydroxylation is 1. The van der Waals surface area contributed by atoms with Crippen molar-refractivity contribution < 1.29 is 14.3 Å². The van der Waals surface area contributed by atoms with Crippen molar-refractivity contribution in [1.82, 2.24) is 4.90 Å². The smallest absolute Gasteiger partial charge is 0.309 e. The Labute approximate surface area is 143 Å². The highest BCUT2D eigenvalue weighted by atomic mass is 16.5. The van der Waals surface area contributed by atoms with E-state index in [1.165, 1.54) is 11.3 Å². The standard InChI is InChI=1S/C19H26N2O3/c1-2-24-19(23)16-9-12-20(13-10-16)18(22)14-21-11-5-7-15-6-3-4-8-17(15)21/h3-4,6,8,16H,2,5,7,9-14H2,1H3. The Morgan fingerprint density at radius 2 is 1.92 bits per heavy atom. The topological polar surface area (TPSA) is 49.9 Å². The summed E-state index contributed by atoms with van der Waals surface area (Å²) >= 11 is 0. The highest BCUT2D eigenvalue weighted by Crippen LogP contribution is 2.27. The van der Waals surface area contributed by atoms with Crippen LogP contribution in [-0.2, 0) is 20.7 Å². The first-order valence-electron chi connectivity index (χ1n) is 8.96. The Bertz CT molecular complexity index is 594. The van der Waals surface area contributed by atoms with Crippen molar-refractivity contribution >= 4 is 17.6 Å². The summed E-state index contributed by atoms with van der Waals surface area (Å²) in [6.45, 7) is 4.91. The number of nitrogens with zero attached hydrogens (tertiary/aromatic N) is 2. The first-order chi connectivity index (χ1) is 11.7. The second-order valence-electron chi connectivity index (χ2n) is 6.56. The fourth-order valence-corrected chi connectivity index (χ4v) is 3.66. The molecule has 130 valence electrons. The third kappa shape index (κ3) is 3.71. The summed E-state index contributed by atoms with van der Waals surface area (Å²) in [7, 11) is 0. The number of esters is 1. The van der Waals surface area contributed by atoms with Gasteiger partial charge in [-0.3, -0.25) is 9.59 Å². The lowest BCUT2D eigenvalue weighted by molar-refractivity contribution is -0.151. The zero-order valence-electron chi connectivity index (χ0n) is 14.4. The molecule has 24 heavy (non-hydrogen) atoms. The Morgan fingerprint density at radius 3 is 2.67 bits per heavy atom. The SMILES string of the molecule is CCOC(=O)C1CCN(C(=O)CN2CCCc3ccccc32)CC1. The van der Waals surface area contributed by atoms with Crippen LogP contribution in [0.2, 0.25) is 0 Å². The van der Waals surface area contributed by atoms with Crippen LogP contribution >= 0.6 is 0 Å². The molecule has 0 spiro atoms. The molecule has 3 rings (SSSR count). The molecule has 1 aromatic carbocycles. The summed E-state index contributed by atoms with van der Waals surface area (Å²) in [6.07, 6.45) is 3.60. The van der Waals surface area contributed by atoms with Gasteiger partial charge in [-0.25, -0.2) is 0 Å². The molecule has 1 fully saturated rings. The highest BCUT2D eigenvalue weighted by Gasteiger charge is 2.29. The van der Waals surface area contributed by atoms with E-state index in [0.717, 1.165) is 19.4 Å². The van der Waals surface area contributed by atoms with Gasteiger partial charge < -0.3 is 14.5 Å². The molecule has 1 aromatic rings. The van der Waals surface area contributed by atoms with E-state index in [9.17, 15) is 9.59 Å². The molecule has 2 aliphatic heterocycles. The van der Waals surface area contributed by atoms with Crippen LogP contribution < -0.4 is 4.90 Å². The van der Waals surface area contributed by atoms with E-state index in [1.54, 1.807) is 0 Å². The lowest BCUT2D eigenvalue weighted by atomic mass is 9.97. The number of rotatable bonds is 4. The quantitative estimate of drug-likeness (QED) is 0.795. The van der Waals surface area contributed by atoms with Gasteiger partial charge in [0.1, 0.15) is 0 Å². The van der Waals surface area contributed by atoms with Crippen LogP contribution in [0.15, 0.2) is 24.3 Å². The molecule has 2 aliphatic rings. The van der Waals surface area contributed by atoms with Crippen molar-refractivity contribution in [2.75, 3.05) is 37.7 Å². The molecule has 2 heterocycles. The Kier molecular flexibility index (Phi) is 5.38. The van der Waals surface area contributed by atoms with Crippen molar-refractivity contribution in [3.05, 3.63) is 29.8 Å². The van der Waals surface area contributed by atoms with Crippen molar-refractivity contribution in [2.24, 2.45) is 5.92 Å². The Hall–Kier alpha value is -2.04. The normalized spacial score (nSPS) is 18.2. The number of anilines is 1. The third-order valence-corrected chi connectivity index (χ3v) is 5.00. The zero-order chi connectivity index (χ0) is 16.9. The van der Waals surface area contributed by atoms with Gasteiger partial charge in [-0.05, 0) is 44.2 Å². The van der Waals surface area contributed by atoms with Gasteiger partial charge in [0.15, 0.2) is 0 Å². The van der Waals surface area contributed by atoms with Crippen molar-refractivity contribution in [3.8, 4) is 0 Å². The lowest BCUT2D eigenvalue weighted by Crippen LogP contribution is -2.46. The van der Waals surface area contributed by atoms with Crippen LogP contribution in [0.3, 0.4) is 0 Å². The zero-order valence-corrected chi connectivity index (χ0v) is 14.4. The Balaban J connectivity index is 1.55. The number of ether oxygens (including phenoxy) is 1. The van der Waals surface area contributed by atoms with Crippen molar-refractivity contribution in [1.29, 1.82) is 0 Å². The summed E-state index contributed by atoms with van der Waals surface area (Å²) in [6, 6.07) is 8.35. The molecular formula is C19H26N2O3. The lowest BCUT2D eigenvalue weighted by Gasteiger charge is -2.35. The van der Waals surface area contributed by atoms with Gasteiger partial charge in [0, 0.05) is 25.3 Å². The van der Waals surface area contributed by atoms with Crippen LogP contribution in [0.4, 0.5) is 5.69 Å². The molecule has 0 radical (unpaired) electrons. The monoisotopic (exact) mass is 330 g/mol. The molecule has 0 unspecified atom stereocenters. The number of fused-ring (bicyclic) bond motifs is 1.